The molecular formula is C10H13BrN6. The van der Waals surface area contributed by atoms with E-state index in [0.717, 1.165) is 25.3 Å². The van der Waals surface area contributed by atoms with Crippen molar-refractivity contribution in [2.45, 2.75) is 18.2 Å². The van der Waals surface area contributed by atoms with E-state index in [9.17, 15) is 0 Å². The molecule has 0 spiro atoms. The molecule has 7 heteroatoms. The van der Waals surface area contributed by atoms with E-state index in [4.69, 9.17) is 0 Å². The molecule has 0 saturated carbocycles. The zero-order chi connectivity index (χ0) is 11.8. The van der Waals surface area contributed by atoms with Crippen LogP contribution < -0.4 is 4.90 Å². The fourth-order valence-electron chi connectivity index (χ4n) is 2.13. The van der Waals surface area contributed by atoms with E-state index in [1.165, 1.54) is 4.63 Å². The molecule has 2 atom stereocenters. The molecule has 17 heavy (non-hydrogen) atoms. The van der Waals surface area contributed by atoms with Gasteiger partial charge in [-0.2, -0.15) is 0 Å². The van der Waals surface area contributed by atoms with Crippen molar-refractivity contribution in [3.63, 3.8) is 0 Å². The molecule has 3 rings (SSSR count). The molecule has 90 valence electrons. The standard InChI is InChI=1S/C10H13BrN6/c1-7-6-16(5-4-8(7)11)10-3-2-9-12-14-15-17(9)13-10/h2-3,7-8H,4-6H2,1H3. The number of piperidine rings is 1. The molecule has 1 fully saturated rings. The molecule has 0 radical (unpaired) electrons. The second-order valence-electron chi connectivity index (χ2n) is 4.45. The van der Waals surface area contributed by atoms with Gasteiger partial charge in [-0.25, -0.2) is 0 Å². The minimum atomic E-state index is 0.607. The number of hydrogen-bond donors (Lipinski definition) is 0. The molecule has 1 aliphatic heterocycles. The first-order valence-corrected chi connectivity index (χ1v) is 6.60. The van der Waals surface area contributed by atoms with Crippen LogP contribution in [0.2, 0.25) is 0 Å². The van der Waals surface area contributed by atoms with Gasteiger partial charge in [-0.05, 0) is 34.9 Å². The molecule has 0 aliphatic carbocycles. The minimum Gasteiger partial charge on any atom is -0.355 e. The highest BCUT2D eigenvalue weighted by molar-refractivity contribution is 9.09. The highest BCUT2D eigenvalue weighted by Crippen LogP contribution is 2.26. The molecule has 3 heterocycles. The molecule has 1 saturated heterocycles. The molecular weight excluding hydrogens is 284 g/mol. The summed E-state index contributed by atoms with van der Waals surface area (Å²) in [7, 11) is 0. The predicted octanol–water partition coefficient (Wildman–Crippen LogP) is 1.13. The van der Waals surface area contributed by atoms with E-state index in [2.05, 4.69) is 48.4 Å². The first-order chi connectivity index (χ1) is 8.24. The number of nitrogens with zero attached hydrogens (tertiary/aromatic N) is 6. The van der Waals surface area contributed by atoms with Crippen LogP contribution in [0.25, 0.3) is 5.65 Å². The summed E-state index contributed by atoms with van der Waals surface area (Å²) >= 11 is 3.70. The third-order valence-electron chi connectivity index (χ3n) is 3.18. The van der Waals surface area contributed by atoms with Crippen LogP contribution >= 0.6 is 15.9 Å². The first kappa shape index (κ1) is 10.9. The molecule has 2 unspecified atom stereocenters. The van der Waals surface area contributed by atoms with Crippen LogP contribution in [-0.4, -0.2) is 43.2 Å². The van der Waals surface area contributed by atoms with Gasteiger partial charge in [0.15, 0.2) is 11.5 Å². The van der Waals surface area contributed by atoms with Gasteiger partial charge >= 0.3 is 0 Å². The van der Waals surface area contributed by atoms with Gasteiger partial charge in [0.2, 0.25) is 0 Å². The van der Waals surface area contributed by atoms with Gasteiger partial charge in [0.1, 0.15) is 0 Å². The Bertz CT molecular complexity index is 526. The van der Waals surface area contributed by atoms with Crippen molar-refractivity contribution in [1.82, 2.24) is 25.3 Å². The van der Waals surface area contributed by atoms with Gasteiger partial charge in [0.25, 0.3) is 0 Å². The average Bonchev–Trinajstić information content (AvgIpc) is 2.79. The molecule has 0 aromatic carbocycles. The zero-order valence-electron chi connectivity index (χ0n) is 9.49. The summed E-state index contributed by atoms with van der Waals surface area (Å²) in [5, 5.41) is 15.7. The van der Waals surface area contributed by atoms with Crippen molar-refractivity contribution in [2.24, 2.45) is 5.92 Å². The summed E-state index contributed by atoms with van der Waals surface area (Å²) in [4.78, 5) is 2.89. The number of halogens is 1. The molecule has 2 aromatic heterocycles. The largest absolute Gasteiger partial charge is 0.355 e. The van der Waals surface area contributed by atoms with Crippen molar-refractivity contribution in [3.05, 3.63) is 12.1 Å². The fourth-order valence-corrected chi connectivity index (χ4v) is 2.51. The minimum absolute atomic E-state index is 0.607. The summed E-state index contributed by atoms with van der Waals surface area (Å²) < 4.78 is 1.47. The quantitative estimate of drug-likeness (QED) is 0.739. The Morgan fingerprint density at radius 1 is 1.41 bits per heavy atom. The maximum atomic E-state index is 4.41. The maximum absolute atomic E-state index is 4.41. The zero-order valence-corrected chi connectivity index (χ0v) is 11.1. The summed E-state index contributed by atoms with van der Waals surface area (Å²) in [5.74, 6) is 1.56. The van der Waals surface area contributed by atoms with E-state index in [0.29, 0.717) is 16.4 Å². The average molecular weight is 297 g/mol. The van der Waals surface area contributed by atoms with E-state index in [1.807, 2.05) is 12.1 Å². The lowest BCUT2D eigenvalue weighted by molar-refractivity contribution is 0.461. The van der Waals surface area contributed by atoms with Crippen LogP contribution in [0.5, 0.6) is 0 Å². The summed E-state index contributed by atoms with van der Waals surface area (Å²) in [6.07, 6.45) is 1.14. The van der Waals surface area contributed by atoms with Crippen LogP contribution in [0.3, 0.4) is 0 Å². The molecule has 0 amide bonds. The molecule has 2 aromatic rings. The van der Waals surface area contributed by atoms with E-state index < -0.39 is 0 Å². The Morgan fingerprint density at radius 2 is 2.29 bits per heavy atom. The summed E-state index contributed by atoms with van der Waals surface area (Å²) in [5.41, 5.74) is 0.678. The Balaban J connectivity index is 1.88. The third kappa shape index (κ3) is 1.99. The normalized spacial score (nSPS) is 25.4. The fraction of sp³-hybridized carbons (Fsp3) is 0.600. The number of fused-ring (bicyclic) bond motifs is 1. The Kier molecular flexibility index (Phi) is 2.70. The number of aromatic nitrogens is 5. The van der Waals surface area contributed by atoms with E-state index >= 15 is 0 Å². The number of anilines is 1. The highest BCUT2D eigenvalue weighted by Gasteiger charge is 2.24. The van der Waals surface area contributed by atoms with Gasteiger partial charge < -0.3 is 4.90 Å². The molecule has 6 nitrogen and oxygen atoms in total. The number of rotatable bonds is 1. The van der Waals surface area contributed by atoms with Crippen LogP contribution in [-0.2, 0) is 0 Å². The van der Waals surface area contributed by atoms with Crippen LogP contribution in [0.4, 0.5) is 5.82 Å². The topological polar surface area (TPSA) is 59.2 Å². The summed E-state index contributed by atoms with van der Waals surface area (Å²) in [6, 6.07) is 3.88. The van der Waals surface area contributed by atoms with E-state index in [1.54, 1.807) is 0 Å². The lowest BCUT2D eigenvalue weighted by Crippen LogP contribution is -2.40. The van der Waals surface area contributed by atoms with Crippen molar-refractivity contribution < 1.29 is 0 Å². The molecule has 0 bridgehead atoms. The maximum Gasteiger partial charge on any atom is 0.200 e. The SMILES string of the molecule is CC1CN(c2ccc3nnnn3n2)CCC1Br. The monoisotopic (exact) mass is 296 g/mol. The van der Waals surface area contributed by atoms with Gasteiger partial charge in [-0.3, -0.25) is 0 Å². The van der Waals surface area contributed by atoms with Crippen LogP contribution in [0.15, 0.2) is 12.1 Å². The third-order valence-corrected chi connectivity index (χ3v) is 4.54. The van der Waals surface area contributed by atoms with Gasteiger partial charge in [-0.1, -0.05) is 22.9 Å². The van der Waals surface area contributed by atoms with E-state index in [-0.39, 0.29) is 0 Å². The number of hydrogen-bond acceptors (Lipinski definition) is 5. The van der Waals surface area contributed by atoms with Crippen molar-refractivity contribution >= 4 is 27.4 Å². The van der Waals surface area contributed by atoms with Crippen LogP contribution in [0, 0.1) is 5.92 Å². The summed E-state index contributed by atoms with van der Waals surface area (Å²) in [6.45, 7) is 4.28. The Hall–Kier alpha value is -1.24. The second kappa shape index (κ2) is 4.21. The smallest absolute Gasteiger partial charge is 0.200 e. The van der Waals surface area contributed by atoms with Gasteiger partial charge in [0.05, 0.1) is 0 Å². The van der Waals surface area contributed by atoms with Crippen molar-refractivity contribution in [3.8, 4) is 0 Å². The van der Waals surface area contributed by atoms with Crippen molar-refractivity contribution in [2.75, 3.05) is 18.0 Å². The lowest BCUT2D eigenvalue weighted by atomic mass is 10.0. The lowest BCUT2D eigenvalue weighted by Gasteiger charge is -2.34. The molecule has 0 N–H and O–H groups in total. The number of alkyl halides is 1. The van der Waals surface area contributed by atoms with Crippen LogP contribution in [0.1, 0.15) is 13.3 Å². The van der Waals surface area contributed by atoms with Gasteiger partial charge in [-0.15, -0.1) is 14.8 Å². The highest BCUT2D eigenvalue weighted by atomic mass is 79.9. The second-order valence-corrected chi connectivity index (χ2v) is 5.62. The van der Waals surface area contributed by atoms with Gasteiger partial charge in [0, 0.05) is 17.9 Å². The number of tetrazole rings is 1. The Labute approximate surface area is 107 Å². The predicted molar refractivity (Wildman–Crippen MR) is 67.3 cm³/mol. The Morgan fingerprint density at radius 3 is 3.12 bits per heavy atom. The first-order valence-electron chi connectivity index (χ1n) is 5.68. The van der Waals surface area contributed by atoms with Crippen molar-refractivity contribution in [1.29, 1.82) is 0 Å². The molecule has 1 aliphatic rings.